The topological polar surface area (TPSA) is 156 Å². The Balaban J connectivity index is 1.67. The van der Waals surface area contributed by atoms with E-state index >= 15 is 0 Å². The van der Waals surface area contributed by atoms with Gasteiger partial charge in [-0.25, -0.2) is 0 Å². The Labute approximate surface area is 253 Å². The molecule has 0 spiro atoms. The van der Waals surface area contributed by atoms with E-state index in [0.717, 1.165) is 31.3 Å². The number of benzene rings is 2. The van der Waals surface area contributed by atoms with Crippen LogP contribution in [0.15, 0.2) is 41.0 Å². The first-order valence-corrected chi connectivity index (χ1v) is 14.8. The first-order chi connectivity index (χ1) is 19.9. The molecular weight excluding hydrogens is 548 g/mol. The molecule has 234 valence electrons. The summed E-state index contributed by atoms with van der Waals surface area (Å²) in [5, 5.41) is 63.5. The third kappa shape index (κ3) is 7.03. The fourth-order valence-electron chi connectivity index (χ4n) is 5.55. The fourth-order valence-corrected chi connectivity index (χ4v) is 5.55. The van der Waals surface area contributed by atoms with Crippen LogP contribution in [0.3, 0.4) is 0 Å². The van der Waals surface area contributed by atoms with Crippen molar-refractivity contribution in [3.05, 3.63) is 63.3 Å². The predicted molar refractivity (Wildman–Crippen MR) is 168 cm³/mol. The molecule has 43 heavy (non-hydrogen) atoms. The monoisotopic (exact) mass is 594 g/mol. The van der Waals surface area contributed by atoms with Crippen LogP contribution in [0.2, 0.25) is 0 Å². The molecule has 0 fully saturated rings. The third-order valence-corrected chi connectivity index (χ3v) is 8.58. The Bertz CT molecular complexity index is 1520. The second kappa shape index (κ2) is 13.0. The summed E-state index contributed by atoms with van der Waals surface area (Å²) in [6, 6.07) is 1.31. The maximum Gasteiger partial charge on any atom is 0.207 e. The minimum absolute atomic E-state index is 0.0455. The van der Waals surface area contributed by atoms with E-state index < -0.39 is 40.4 Å². The van der Waals surface area contributed by atoms with Gasteiger partial charge in [0.15, 0.2) is 5.60 Å². The lowest BCUT2D eigenvalue weighted by Gasteiger charge is -2.32. The number of carbonyl (C=O) groups is 2. The Morgan fingerprint density at radius 3 is 1.91 bits per heavy atom. The van der Waals surface area contributed by atoms with Crippen molar-refractivity contribution in [2.75, 3.05) is 0 Å². The summed E-state index contributed by atoms with van der Waals surface area (Å²) in [7, 11) is 0. The van der Waals surface area contributed by atoms with Crippen LogP contribution in [0.4, 0.5) is 0 Å². The van der Waals surface area contributed by atoms with Gasteiger partial charge in [0, 0.05) is 22.8 Å². The van der Waals surface area contributed by atoms with Crippen LogP contribution in [-0.2, 0) is 0 Å². The van der Waals surface area contributed by atoms with Crippen molar-refractivity contribution in [3.63, 3.8) is 0 Å². The molecule has 1 aliphatic rings. The lowest BCUT2D eigenvalue weighted by Crippen LogP contribution is -2.49. The smallest absolute Gasteiger partial charge is 0.207 e. The highest BCUT2D eigenvalue weighted by molar-refractivity contribution is 6.36. The summed E-state index contributed by atoms with van der Waals surface area (Å²) in [5.74, 6) is -3.16. The summed E-state index contributed by atoms with van der Waals surface area (Å²) in [6.45, 7) is 12.2. The van der Waals surface area contributed by atoms with Gasteiger partial charge in [-0.15, -0.1) is 0 Å². The Kier molecular flexibility index (Phi) is 10.3. The van der Waals surface area contributed by atoms with E-state index in [2.05, 4.69) is 19.1 Å². The van der Waals surface area contributed by atoms with Gasteiger partial charge >= 0.3 is 0 Å². The number of hydrogen-bond acceptors (Lipinski definition) is 8. The van der Waals surface area contributed by atoms with Crippen LogP contribution >= 0.6 is 0 Å². The molecule has 8 heteroatoms. The molecule has 0 unspecified atom stereocenters. The average molecular weight is 595 g/mol. The molecule has 2 aromatic rings. The second-order valence-electron chi connectivity index (χ2n) is 12.7. The van der Waals surface area contributed by atoms with Gasteiger partial charge in [-0.05, 0) is 98.6 Å². The van der Waals surface area contributed by atoms with Crippen LogP contribution in [0.25, 0.3) is 10.8 Å². The number of aromatic hydroxyl groups is 3. The molecule has 0 radical (unpaired) electrons. The highest BCUT2D eigenvalue weighted by Gasteiger charge is 2.51. The summed E-state index contributed by atoms with van der Waals surface area (Å²) >= 11 is 0. The number of Topliss-reactive ketones (excluding diaryl/α,β-unsaturated/α-hetero) is 2. The van der Waals surface area contributed by atoms with Crippen molar-refractivity contribution in [3.8, 4) is 17.2 Å². The lowest BCUT2D eigenvalue weighted by atomic mass is 9.73. The molecule has 0 saturated heterocycles. The van der Waals surface area contributed by atoms with Crippen LogP contribution in [-0.4, -0.2) is 59.5 Å². The van der Waals surface area contributed by atoms with Crippen molar-refractivity contribution in [2.45, 2.75) is 111 Å². The van der Waals surface area contributed by atoms with Crippen LogP contribution < -0.4 is 0 Å². The largest absolute Gasteiger partial charge is 0.507 e. The van der Waals surface area contributed by atoms with Crippen molar-refractivity contribution < 1.29 is 40.2 Å². The molecular formula is C35H46O8. The molecule has 0 heterocycles. The van der Waals surface area contributed by atoms with E-state index in [4.69, 9.17) is 0 Å². The zero-order chi connectivity index (χ0) is 32.4. The van der Waals surface area contributed by atoms with Gasteiger partial charge in [-0.3, -0.25) is 9.59 Å². The van der Waals surface area contributed by atoms with Gasteiger partial charge in [-0.1, -0.05) is 34.9 Å². The highest BCUT2D eigenvalue weighted by atomic mass is 16.3. The number of aryl methyl sites for hydroxylation is 1. The molecule has 1 aliphatic carbocycles. The molecule has 6 N–H and O–H groups in total. The van der Waals surface area contributed by atoms with Crippen LogP contribution in [0.5, 0.6) is 17.2 Å². The van der Waals surface area contributed by atoms with Crippen molar-refractivity contribution in [1.82, 2.24) is 0 Å². The Morgan fingerprint density at radius 2 is 1.35 bits per heavy atom. The number of phenols is 3. The number of allylic oxidation sites excluding steroid dienone is 5. The quantitative estimate of drug-likeness (QED) is 0.122. The van der Waals surface area contributed by atoms with E-state index in [9.17, 15) is 40.2 Å². The van der Waals surface area contributed by atoms with Gasteiger partial charge in [0.1, 0.15) is 17.2 Å². The van der Waals surface area contributed by atoms with Gasteiger partial charge in [0.2, 0.25) is 11.6 Å². The number of rotatable bonds is 12. The number of carbonyl (C=O) groups excluding carboxylic acids is 2. The van der Waals surface area contributed by atoms with Crippen molar-refractivity contribution >= 4 is 22.3 Å². The number of ketones is 2. The molecule has 8 nitrogen and oxygen atoms in total. The van der Waals surface area contributed by atoms with Crippen molar-refractivity contribution in [2.24, 2.45) is 0 Å². The Morgan fingerprint density at radius 1 is 0.837 bits per heavy atom. The first-order valence-electron chi connectivity index (χ1n) is 14.8. The van der Waals surface area contributed by atoms with Gasteiger partial charge in [0.05, 0.1) is 22.8 Å². The first kappa shape index (κ1) is 34.0. The van der Waals surface area contributed by atoms with E-state index in [0.29, 0.717) is 18.4 Å². The molecule has 0 aromatic heterocycles. The fraction of sp³-hybridized carbons (Fsp3) is 0.486. The lowest BCUT2D eigenvalue weighted by molar-refractivity contribution is -0.0509. The summed E-state index contributed by atoms with van der Waals surface area (Å²) in [5.41, 5.74) is -0.443. The van der Waals surface area contributed by atoms with Crippen LogP contribution in [0.1, 0.15) is 111 Å². The molecule has 0 bridgehead atoms. The van der Waals surface area contributed by atoms with Gasteiger partial charge in [-0.2, -0.15) is 0 Å². The molecule has 2 aromatic carbocycles. The minimum atomic E-state index is -2.51. The summed E-state index contributed by atoms with van der Waals surface area (Å²) < 4.78 is 0. The predicted octanol–water partition coefficient (Wildman–Crippen LogP) is 6.38. The normalized spacial score (nSPS) is 19.0. The third-order valence-electron chi connectivity index (χ3n) is 8.58. The minimum Gasteiger partial charge on any atom is -0.507 e. The zero-order valence-electron chi connectivity index (χ0n) is 26.3. The number of hydrogen-bond donors (Lipinski definition) is 6. The molecule has 0 saturated carbocycles. The SMILES string of the molecule is C/C(=C\CC/C(C)=C/C[C@]1(O)C(=O)c2c(O)cc(C)c3c(O)c(C)c(O)c(c23)C1=O)CC/C=C(\C)CC[C@@H](O)C(C)(C)O. The van der Waals surface area contributed by atoms with Gasteiger partial charge < -0.3 is 30.6 Å². The summed E-state index contributed by atoms with van der Waals surface area (Å²) in [6.07, 6.45) is 9.19. The van der Waals surface area contributed by atoms with E-state index in [1.165, 1.54) is 24.1 Å². The maximum absolute atomic E-state index is 13.6. The molecule has 0 amide bonds. The van der Waals surface area contributed by atoms with Crippen molar-refractivity contribution in [1.29, 1.82) is 0 Å². The van der Waals surface area contributed by atoms with E-state index in [-0.39, 0.29) is 39.6 Å². The number of aliphatic hydroxyl groups excluding tert-OH is 1. The Hall–Kier alpha value is -3.46. The number of phenolic OH excluding ortho intramolecular Hbond substituents is 3. The maximum atomic E-state index is 13.6. The zero-order valence-corrected chi connectivity index (χ0v) is 26.3. The molecule has 2 atom stereocenters. The number of aliphatic hydroxyl groups is 3. The van der Waals surface area contributed by atoms with E-state index in [1.807, 2.05) is 13.8 Å². The van der Waals surface area contributed by atoms with E-state index in [1.54, 1.807) is 26.8 Å². The molecule has 3 rings (SSSR count). The van der Waals surface area contributed by atoms with Gasteiger partial charge in [0.25, 0.3) is 0 Å². The average Bonchev–Trinajstić information content (AvgIpc) is 2.91. The van der Waals surface area contributed by atoms with Crippen LogP contribution in [0, 0.1) is 13.8 Å². The standard InChI is InChI=1S/C35H46O8/c1-19(10-8-12-20(2)14-15-25(37)34(6,7)42)11-9-13-21(3)16-17-35(43)32(40)27-24(36)18-22(4)26-28(27)29(33(35)41)31(39)23(5)30(26)38/h11-12,16,18,25,36-39,42-43H,8-10,13-15,17H2,1-7H3/b19-11+,20-12+,21-16+/t25-,35+/m1/s1. The summed E-state index contributed by atoms with van der Waals surface area (Å²) in [4.78, 5) is 27.1. The molecule has 0 aliphatic heterocycles. The highest BCUT2D eigenvalue weighted by Crippen LogP contribution is 2.49. The second-order valence-corrected chi connectivity index (χ2v) is 12.7.